The zero-order valence-electron chi connectivity index (χ0n) is 14.6. The van der Waals surface area contributed by atoms with Gasteiger partial charge in [-0.2, -0.15) is 0 Å². The molecule has 4 heterocycles. The van der Waals surface area contributed by atoms with Gasteiger partial charge in [0.2, 0.25) is 5.91 Å². The van der Waals surface area contributed by atoms with Crippen LogP contribution in [0.3, 0.4) is 0 Å². The van der Waals surface area contributed by atoms with Gasteiger partial charge >= 0.3 is 0 Å². The van der Waals surface area contributed by atoms with Gasteiger partial charge in [0.15, 0.2) is 0 Å². The second-order valence-corrected chi connectivity index (χ2v) is 7.61. The molecular weight excluding hydrogens is 362 g/mol. The summed E-state index contributed by atoms with van der Waals surface area (Å²) in [5.74, 6) is 0.450. The Hall–Kier alpha value is -3.00. The van der Waals surface area contributed by atoms with E-state index in [-0.39, 0.29) is 11.8 Å². The molecule has 2 aromatic heterocycles. The molecule has 136 valence electrons. The largest absolute Gasteiger partial charge is 0.336 e. The molecule has 1 spiro atoms. The maximum absolute atomic E-state index is 13.2. The molecule has 0 radical (unpaired) electrons. The number of nitrogens with one attached hydrogen (secondary N) is 1. The van der Waals surface area contributed by atoms with Crippen molar-refractivity contribution in [2.45, 2.75) is 17.9 Å². The number of anilines is 1. The predicted molar refractivity (Wildman–Crippen MR) is 100 cm³/mol. The molecule has 0 saturated carbocycles. The Kier molecular flexibility index (Phi) is 3.45. The maximum atomic E-state index is 13.2. The summed E-state index contributed by atoms with van der Waals surface area (Å²) >= 11 is 1.38. The van der Waals surface area contributed by atoms with Gasteiger partial charge in [0.25, 0.3) is 5.91 Å². The Labute approximate surface area is 159 Å². The summed E-state index contributed by atoms with van der Waals surface area (Å²) in [5, 5.41) is 4.75. The molecule has 2 atom stereocenters. The first-order valence-corrected chi connectivity index (χ1v) is 9.64. The molecule has 3 aromatic rings. The van der Waals surface area contributed by atoms with E-state index in [2.05, 4.69) is 15.3 Å². The second-order valence-electron chi connectivity index (χ2n) is 6.89. The molecule has 1 aromatic carbocycles. The highest BCUT2D eigenvalue weighted by Gasteiger charge is 2.60. The number of imidazole rings is 1. The van der Waals surface area contributed by atoms with Crippen molar-refractivity contribution >= 4 is 28.8 Å². The van der Waals surface area contributed by atoms with Gasteiger partial charge < -0.3 is 14.8 Å². The number of thiazole rings is 1. The maximum Gasteiger partial charge on any atom is 0.273 e. The van der Waals surface area contributed by atoms with E-state index in [0.29, 0.717) is 24.5 Å². The predicted octanol–water partition coefficient (Wildman–Crippen LogP) is 2.35. The Bertz CT molecular complexity index is 1040. The van der Waals surface area contributed by atoms with Crippen LogP contribution in [0.4, 0.5) is 5.69 Å². The third-order valence-corrected chi connectivity index (χ3v) is 6.19. The minimum Gasteiger partial charge on any atom is -0.336 e. The normalized spacial score (nSPS) is 23.7. The van der Waals surface area contributed by atoms with Crippen LogP contribution < -0.4 is 5.32 Å². The molecule has 1 saturated heterocycles. The lowest BCUT2D eigenvalue weighted by Crippen LogP contribution is -2.43. The van der Waals surface area contributed by atoms with Crippen molar-refractivity contribution in [3.05, 3.63) is 64.6 Å². The Morgan fingerprint density at radius 1 is 1.33 bits per heavy atom. The molecule has 2 amide bonds. The zero-order chi connectivity index (χ0) is 18.6. The molecule has 0 aliphatic carbocycles. The van der Waals surface area contributed by atoms with Crippen molar-refractivity contribution in [3.63, 3.8) is 0 Å². The molecule has 1 fully saturated rings. The first-order chi connectivity index (χ1) is 13.1. The van der Waals surface area contributed by atoms with E-state index >= 15 is 0 Å². The van der Waals surface area contributed by atoms with Crippen LogP contribution in [-0.4, -0.2) is 37.8 Å². The van der Waals surface area contributed by atoms with Crippen LogP contribution >= 0.6 is 11.3 Å². The van der Waals surface area contributed by atoms with Gasteiger partial charge in [-0.1, -0.05) is 18.2 Å². The lowest BCUT2D eigenvalue weighted by atomic mass is 9.74. The summed E-state index contributed by atoms with van der Waals surface area (Å²) in [4.78, 5) is 36.8. The summed E-state index contributed by atoms with van der Waals surface area (Å²) in [7, 11) is 1.89. The number of aromatic nitrogens is 3. The fourth-order valence-corrected chi connectivity index (χ4v) is 4.90. The average Bonchev–Trinajstić information content (AvgIpc) is 3.44. The van der Waals surface area contributed by atoms with Crippen molar-refractivity contribution in [2.75, 3.05) is 11.9 Å². The number of fused-ring (bicyclic) bond motifs is 2. The van der Waals surface area contributed by atoms with Gasteiger partial charge in [0.05, 0.1) is 5.51 Å². The molecule has 27 heavy (non-hydrogen) atoms. The minimum absolute atomic E-state index is 0.0784. The number of benzene rings is 1. The van der Waals surface area contributed by atoms with Crippen molar-refractivity contribution in [1.29, 1.82) is 0 Å². The van der Waals surface area contributed by atoms with E-state index < -0.39 is 11.5 Å². The fourth-order valence-electron chi connectivity index (χ4n) is 4.37. The van der Waals surface area contributed by atoms with Crippen molar-refractivity contribution < 1.29 is 9.59 Å². The standard InChI is InChI=1S/C19H17N5O2S/c1-23-9-7-20-16(23)15-19(12-4-2-3-5-13(12)22-18(19)26)6-8-24(15)17(25)14-10-27-11-21-14/h2-5,7,9-11,15H,6,8H2,1H3,(H,22,26)/t15-,19+/m0/s1. The van der Waals surface area contributed by atoms with Gasteiger partial charge in [-0.3, -0.25) is 9.59 Å². The molecule has 1 N–H and O–H groups in total. The number of aryl methyl sites for hydroxylation is 1. The van der Waals surface area contributed by atoms with E-state index in [1.165, 1.54) is 11.3 Å². The number of hydrogen-bond donors (Lipinski definition) is 1. The number of carbonyl (C=O) groups is 2. The molecule has 8 heteroatoms. The summed E-state index contributed by atoms with van der Waals surface area (Å²) in [5.41, 5.74) is 2.94. The topological polar surface area (TPSA) is 80.1 Å². The van der Waals surface area contributed by atoms with E-state index in [0.717, 1.165) is 11.3 Å². The first-order valence-electron chi connectivity index (χ1n) is 8.70. The number of para-hydroxylation sites is 1. The van der Waals surface area contributed by atoms with Crippen molar-refractivity contribution in [1.82, 2.24) is 19.4 Å². The molecule has 0 unspecified atom stereocenters. The van der Waals surface area contributed by atoms with Crippen LogP contribution in [-0.2, 0) is 17.3 Å². The summed E-state index contributed by atoms with van der Waals surface area (Å²) in [6.07, 6.45) is 4.08. The van der Waals surface area contributed by atoms with E-state index in [4.69, 9.17) is 0 Å². The van der Waals surface area contributed by atoms with Crippen molar-refractivity contribution in [2.24, 2.45) is 7.05 Å². The molecule has 0 bridgehead atoms. The zero-order valence-corrected chi connectivity index (χ0v) is 15.4. The fraction of sp³-hybridized carbons (Fsp3) is 0.263. The quantitative estimate of drug-likeness (QED) is 0.741. The summed E-state index contributed by atoms with van der Waals surface area (Å²) in [6, 6.07) is 7.22. The number of rotatable bonds is 2. The highest BCUT2D eigenvalue weighted by atomic mass is 32.1. The minimum atomic E-state index is -0.846. The van der Waals surface area contributed by atoms with Crippen LogP contribution in [0.1, 0.15) is 34.3 Å². The third kappa shape index (κ3) is 2.13. The van der Waals surface area contributed by atoms with E-state index in [9.17, 15) is 9.59 Å². The monoisotopic (exact) mass is 379 g/mol. The Balaban J connectivity index is 1.70. The van der Waals surface area contributed by atoms with E-state index in [1.807, 2.05) is 42.1 Å². The third-order valence-electron chi connectivity index (χ3n) is 5.60. The Morgan fingerprint density at radius 2 is 2.19 bits per heavy atom. The Morgan fingerprint density at radius 3 is 2.93 bits per heavy atom. The highest BCUT2D eigenvalue weighted by Crippen LogP contribution is 2.54. The number of amides is 2. The van der Waals surface area contributed by atoms with E-state index in [1.54, 1.807) is 22.0 Å². The molecular formula is C19H17N5O2S. The number of nitrogens with zero attached hydrogens (tertiary/aromatic N) is 4. The highest BCUT2D eigenvalue weighted by molar-refractivity contribution is 7.07. The number of hydrogen-bond acceptors (Lipinski definition) is 5. The van der Waals surface area contributed by atoms with Gasteiger partial charge in [0.1, 0.15) is 23.0 Å². The van der Waals surface area contributed by atoms with Crippen LogP contribution in [0.2, 0.25) is 0 Å². The molecule has 7 nitrogen and oxygen atoms in total. The lowest BCUT2D eigenvalue weighted by molar-refractivity contribution is -0.121. The van der Waals surface area contributed by atoms with Crippen molar-refractivity contribution in [3.8, 4) is 0 Å². The molecule has 5 rings (SSSR count). The van der Waals surface area contributed by atoms with Gasteiger partial charge in [-0.15, -0.1) is 11.3 Å². The van der Waals surface area contributed by atoms with Gasteiger partial charge in [-0.25, -0.2) is 9.97 Å². The van der Waals surface area contributed by atoms with Gasteiger partial charge in [-0.05, 0) is 18.1 Å². The first kappa shape index (κ1) is 16.2. The van der Waals surface area contributed by atoms with Crippen LogP contribution in [0.15, 0.2) is 47.5 Å². The number of carbonyl (C=O) groups excluding carboxylic acids is 2. The second kappa shape index (κ2) is 5.75. The van der Waals surface area contributed by atoms with Gasteiger partial charge in [0, 0.05) is 37.1 Å². The summed E-state index contributed by atoms with van der Waals surface area (Å²) in [6.45, 7) is 0.468. The molecule has 2 aliphatic rings. The molecule has 2 aliphatic heterocycles. The summed E-state index contributed by atoms with van der Waals surface area (Å²) < 4.78 is 1.88. The van der Waals surface area contributed by atoms with Crippen LogP contribution in [0.25, 0.3) is 0 Å². The smallest absolute Gasteiger partial charge is 0.273 e. The SMILES string of the molecule is Cn1ccnc1[C@@H]1N(C(=O)c2cscn2)CC[C@]12C(=O)Nc1ccccc12. The number of likely N-dealkylation sites (tertiary alicyclic amines) is 1. The lowest BCUT2D eigenvalue weighted by Gasteiger charge is -2.33. The van der Waals surface area contributed by atoms with Crippen LogP contribution in [0.5, 0.6) is 0 Å². The average molecular weight is 379 g/mol. The van der Waals surface area contributed by atoms with Crippen LogP contribution in [0, 0.1) is 0 Å².